The van der Waals surface area contributed by atoms with Crippen LogP contribution in [0.3, 0.4) is 0 Å². The van der Waals surface area contributed by atoms with E-state index in [2.05, 4.69) is 33.7 Å². The minimum Gasteiger partial charge on any atom is -0.497 e. The molecular weight excluding hydrogens is 226 g/mol. The third-order valence-electron chi connectivity index (χ3n) is 3.36. The van der Waals surface area contributed by atoms with Gasteiger partial charge in [-0.3, -0.25) is 0 Å². The van der Waals surface area contributed by atoms with E-state index in [-0.39, 0.29) is 0 Å². The van der Waals surface area contributed by atoms with E-state index in [9.17, 15) is 0 Å². The first-order valence-electron chi connectivity index (χ1n) is 6.03. The number of aromatic nitrogens is 2. The molecule has 4 nitrogen and oxygen atoms in total. The number of rotatable bonds is 2. The van der Waals surface area contributed by atoms with Crippen molar-refractivity contribution in [1.29, 1.82) is 0 Å². The lowest BCUT2D eigenvalue weighted by Gasteiger charge is -2.19. The average molecular weight is 241 g/mol. The average Bonchev–Trinajstić information content (AvgIpc) is 2.45. The molecule has 0 aliphatic heterocycles. The maximum Gasteiger partial charge on any atom is 0.148 e. The summed E-state index contributed by atoms with van der Waals surface area (Å²) in [6, 6.07) is 8.21. The summed E-state index contributed by atoms with van der Waals surface area (Å²) in [5.74, 6) is 1.72. The number of methoxy groups -OCH3 is 1. The molecule has 0 unspecified atom stereocenters. The van der Waals surface area contributed by atoms with Crippen molar-refractivity contribution >= 4 is 5.82 Å². The van der Waals surface area contributed by atoms with Gasteiger partial charge in [-0.05, 0) is 48.2 Å². The van der Waals surface area contributed by atoms with Gasteiger partial charge >= 0.3 is 0 Å². The predicted octanol–water partition coefficient (Wildman–Crippen LogP) is 2.29. The molecule has 4 heteroatoms. The van der Waals surface area contributed by atoms with Crippen molar-refractivity contribution in [1.82, 2.24) is 10.2 Å². The Labute approximate surface area is 106 Å². The molecule has 1 aromatic heterocycles. The minimum atomic E-state index is 0.825. The highest BCUT2D eigenvalue weighted by Crippen LogP contribution is 2.34. The summed E-state index contributed by atoms with van der Waals surface area (Å²) in [5.41, 5.74) is 4.71. The van der Waals surface area contributed by atoms with Crippen molar-refractivity contribution in [2.75, 3.05) is 19.5 Å². The fourth-order valence-electron chi connectivity index (χ4n) is 2.37. The fourth-order valence-corrected chi connectivity index (χ4v) is 2.37. The Morgan fingerprint density at radius 3 is 2.72 bits per heavy atom. The molecule has 1 heterocycles. The number of hydrogen-bond donors (Lipinski definition) is 1. The van der Waals surface area contributed by atoms with Crippen LogP contribution in [0.5, 0.6) is 5.75 Å². The van der Waals surface area contributed by atoms with E-state index in [1.54, 1.807) is 7.11 Å². The molecule has 1 aromatic carbocycles. The van der Waals surface area contributed by atoms with E-state index in [1.807, 2.05) is 13.1 Å². The molecule has 1 N–H and O–H groups in total. The first-order chi connectivity index (χ1) is 8.81. The molecule has 18 heavy (non-hydrogen) atoms. The zero-order valence-electron chi connectivity index (χ0n) is 10.5. The topological polar surface area (TPSA) is 47.0 Å². The van der Waals surface area contributed by atoms with Crippen LogP contribution in [-0.2, 0) is 12.8 Å². The summed E-state index contributed by atoms with van der Waals surface area (Å²) in [6.45, 7) is 0. The number of hydrogen-bond acceptors (Lipinski definition) is 4. The highest BCUT2D eigenvalue weighted by Gasteiger charge is 2.18. The van der Waals surface area contributed by atoms with Crippen molar-refractivity contribution in [3.63, 3.8) is 0 Å². The lowest BCUT2D eigenvalue weighted by molar-refractivity contribution is 0.414. The summed E-state index contributed by atoms with van der Waals surface area (Å²) in [5, 5.41) is 11.5. The standard InChI is InChI=1S/C14H15N3O/c1-15-13-8-10-4-3-9-7-11(18-2)5-6-12(9)14(10)17-16-13/h5-8H,3-4H2,1-2H3,(H,15,16). The van der Waals surface area contributed by atoms with Crippen LogP contribution in [0.1, 0.15) is 11.1 Å². The van der Waals surface area contributed by atoms with E-state index in [1.165, 1.54) is 16.7 Å². The number of nitrogens with one attached hydrogen (secondary N) is 1. The van der Waals surface area contributed by atoms with Crippen LogP contribution in [0.15, 0.2) is 24.3 Å². The Bertz CT molecular complexity index is 542. The van der Waals surface area contributed by atoms with E-state index < -0.39 is 0 Å². The fraction of sp³-hybridized carbons (Fsp3) is 0.286. The summed E-state index contributed by atoms with van der Waals surface area (Å²) in [4.78, 5) is 0. The second-order valence-electron chi connectivity index (χ2n) is 4.38. The van der Waals surface area contributed by atoms with Gasteiger partial charge in [-0.25, -0.2) is 0 Å². The van der Waals surface area contributed by atoms with Crippen LogP contribution in [0.25, 0.3) is 11.3 Å². The van der Waals surface area contributed by atoms with Crippen molar-refractivity contribution in [3.05, 3.63) is 35.4 Å². The second kappa shape index (κ2) is 4.29. The normalized spacial score (nSPS) is 12.6. The Morgan fingerprint density at radius 1 is 1.11 bits per heavy atom. The maximum atomic E-state index is 5.26. The van der Waals surface area contributed by atoms with E-state index in [0.29, 0.717) is 0 Å². The molecule has 1 aliphatic rings. The summed E-state index contributed by atoms with van der Waals surface area (Å²) in [7, 11) is 3.55. The Kier molecular flexibility index (Phi) is 2.63. The number of anilines is 1. The monoisotopic (exact) mass is 241 g/mol. The van der Waals surface area contributed by atoms with Crippen LogP contribution >= 0.6 is 0 Å². The quantitative estimate of drug-likeness (QED) is 0.876. The number of ether oxygens (including phenoxy) is 1. The number of fused-ring (bicyclic) bond motifs is 3. The van der Waals surface area contributed by atoms with Crippen LogP contribution in [0.2, 0.25) is 0 Å². The lowest BCUT2D eigenvalue weighted by Crippen LogP contribution is -2.08. The van der Waals surface area contributed by atoms with Gasteiger partial charge in [0.15, 0.2) is 0 Å². The molecule has 0 fully saturated rings. The molecule has 2 aromatic rings. The molecule has 0 saturated carbocycles. The Morgan fingerprint density at radius 2 is 1.94 bits per heavy atom. The number of nitrogens with zero attached hydrogens (tertiary/aromatic N) is 2. The molecule has 0 amide bonds. The number of benzene rings is 1. The summed E-state index contributed by atoms with van der Waals surface area (Å²) in [6.07, 6.45) is 2.02. The predicted molar refractivity (Wildman–Crippen MR) is 71.0 cm³/mol. The van der Waals surface area contributed by atoms with E-state index in [0.717, 1.165) is 30.1 Å². The third-order valence-corrected chi connectivity index (χ3v) is 3.36. The summed E-state index contributed by atoms with van der Waals surface area (Å²) >= 11 is 0. The van der Waals surface area contributed by atoms with Gasteiger partial charge < -0.3 is 10.1 Å². The van der Waals surface area contributed by atoms with Gasteiger partial charge in [0.2, 0.25) is 0 Å². The highest BCUT2D eigenvalue weighted by atomic mass is 16.5. The van der Waals surface area contributed by atoms with Crippen LogP contribution in [-0.4, -0.2) is 24.4 Å². The first kappa shape index (κ1) is 11.0. The smallest absolute Gasteiger partial charge is 0.148 e. The van der Waals surface area contributed by atoms with Crippen molar-refractivity contribution < 1.29 is 4.74 Å². The molecule has 0 saturated heterocycles. The SMILES string of the molecule is CNc1cc2c(nn1)-c1ccc(OC)cc1CC2. The van der Waals surface area contributed by atoms with E-state index >= 15 is 0 Å². The minimum absolute atomic E-state index is 0.825. The molecular formula is C14H15N3O. The van der Waals surface area contributed by atoms with Gasteiger partial charge in [0.25, 0.3) is 0 Å². The largest absolute Gasteiger partial charge is 0.497 e. The molecule has 3 rings (SSSR count). The zero-order valence-corrected chi connectivity index (χ0v) is 10.5. The van der Waals surface area contributed by atoms with E-state index in [4.69, 9.17) is 4.74 Å². The molecule has 0 radical (unpaired) electrons. The molecule has 92 valence electrons. The highest BCUT2D eigenvalue weighted by molar-refractivity contribution is 5.71. The molecule has 0 atom stereocenters. The third kappa shape index (κ3) is 1.70. The van der Waals surface area contributed by atoms with Crippen molar-refractivity contribution in [3.8, 4) is 17.0 Å². The van der Waals surface area contributed by atoms with Gasteiger partial charge in [-0.15, -0.1) is 10.2 Å². The van der Waals surface area contributed by atoms with Crippen LogP contribution in [0.4, 0.5) is 5.82 Å². The first-order valence-corrected chi connectivity index (χ1v) is 6.03. The van der Waals surface area contributed by atoms with Gasteiger partial charge in [-0.1, -0.05) is 0 Å². The van der Waals surface area contributed by atoms with Crippen LogP contribution in [0, 0.1) is 0 Å². The Balaban J connectivity index is 2.11. The maximum absolute atomic E-state index is 5.26. The van der Waals surface area contributed by atoms with Crippen molar-refractivity contribution in [2.45, 2.75) is 12.8 Å². The van der Waals surface area contributed by atoms with Gasteiger partial charge in [-0.2, -0.15) is 0 Å². The van der Waals surface area contributed by atoms with Gasteiger partial charge in [0, 0.05) is 12.6 Å². The summed E-state index contributed by atoms with van der Waals surface area (Å²) < 4.78 is 5.26. The van der Waals surface area contributed by atoms with Crippen molar-refractivity contribution in [2.24, 2.45) is 0 Å². The van der Waals surface area contributed by atoms with Crippen LogP contribution < -0.4 is 10.1 Å². The molecule has 0 spiro atoms. The lowest BCUT2D eigenvalue weighted by atomic mass is 9.89. The number of aryl methyl sites for hydroxylation is 2. The van der Waals surface area contributed by atoms with Gasteiger partial charge in [0.1, 0.15) is 11.6 Å². The molecule has 0 bridgehead atoms. The van der Waals surface area contributed by atoms with Gasteiger partial charge in [0.05, 0.1) is 12.8 Å². The second-order valence-corrected chi connectivity index (χ2v) is 4.38. The zero-order chi connectivity index (χ0) is 12.5. The molecule has 1 aliphatic carbocycles. The Hall–Kier alpha value is -2.10.